The van der Waals surface area contributed by atoms with Gasteiger partial charge in [0.1, 0.15) is 0 Å². The number of benzene rings is 8. The highest BCUT2D eigenvalue weighted by Crippen LogP contribution is 2.57. The molecule has 2 aliphatic heterocycles. The molecule has 0 saturated carbocycles. The number of aryl methyl sites for hydroxylation is 1. The monoisotopic (exact) mass is 798 g/mol. The van der Waals surface area contributed by atoms with Crippen LogP contribution in [0.5, 0.6) is 0 Å². The van der Waals surface area contributed by atoms with Crippen molar-refractivity contribution in [3.63, 3.8) is 0 Å². The zero-order valence-electron chi connectivity index (χ0n) is 36.8. The first-order chi connectivity index (χ1) is 29.9. The highest BCUT2D eigenvalue weighted by molar-refractivity contribution is 7.00. The molecule has 0 saturated heterocycles. The maximum absolute atomic E-state index is 2.68. The summed E-state index contributed by atoms with van der Waals surface area (Å²) in [5.41, 5.74) is 26.1. The largest absolute Gasteiger partial charge is 0.311 e. The van der Waals surface area contributed by atoms with Crippen LogP contribution in [0.15, 0.2) is 170 Å². The van der Waals surface area contributed by atoms with E-state index in [1.807, 2.05) is 0 Å². The van der Waals surface area contributed by atoms with E-state index >= 15 is 0 Å². The van der Waals surface area contributed by atoms with Crippen LogP contribution in [-0.4, -0.2) is 6.71 Å². The van der Waals surface area contributed by atoms with Crippen LogP contribution in [0.3, 0.4) is 0 Å². The molecule has 2 nitrogen and oxygen atoms in total. The normalized spacial score (nSPS) is 16.5. The van der Waals surface area contributed by atoms with E-state index in [-0.39, 0.29) is 23.0 Å². The molecule has 0 amide bonds. The Labute approximate surface area is 367 Å². The Kier molecular flexibility index (Phi) is 7.79. The summed E-state index contributed by atoms with van der Waals surface area (Å²) in [6.45, 7) is 17.0. The van der Waals surface area contributed by atoms with Crippen molar-refractivity contribution < 1.29 is 0 Å². The van der Waals surface area contributed by atoms with Crippen molar-refractivity contribution in [3.8, 4) is 33.4 Å². The Bertz CT molecular complexity index is 3160. The maximum atomic E-state index is 2.68. The molecule has 0 fully saturated rings. The van der Waals surface area contributed by atoms with Crippen molar-refractivity contribution in [2.45, 2.75) is 71.1 Å². The topological polar surface area (TPSA) is 6.48 Å². The number of nitrogens with zero attached hydrogens (tertiary/aromatic N) is 2. The van der Waals surface area contributed by atoms with Crippen molar-refractivity contribution in [3.05, 3.63) is 198 Å². The minimum Gasteiger partial charge on any atom is -0.311 e. The maximum Gasteiger partial charge on any atom is 0.252 e. The van der Waals surface area contributed by atoms with Gasteiger partial charge in [0.05, 0.1) is 5.69 Å². The average molecular weight is 799 g/mol. The second-order valence-corrected chi connectivity index (χ2v) is 20.1. The lowest BCUT2D eigenvalue weighted by Crippen LogP contribution is -2.61. The van der Waals surface area contributed by atoms with E-state index in [1.165, 1.54) is 106 Å². The Balaban J connectivity index is 1.19. The van der Waals surface area contributed by atoms with Crippen LogP contribution < -0.4 is 26.2 Å². The highest BCUT2D eigenvalue weighted by atomic mass is 15.2. The molecule has 0 radical (unpaired) electrons. The number of anilines is 6. The average Bonchev–Trinajstić information content (AvgIpc) is 3.62. The molecule has 0 spiro atoms. The zero-order valence-corrected chi connectivity index (χ0v) is 36.8. The van der Waals surface area contributed by atoms with Crippen LogP contribution >= 0.6 is 0 Å². The summed E-state index contributed by atoms with van der Waals surface area (Å²) in [5.74, 6) is 0. The van der Waals surface area contributed by atoms with Crippen LogP contribution in [0, 0.1) is 6.92 Å². The van der Waals surface area contributed by atoms with Gasteiger partial charge in [-0.25, -0.2) is 0 Å². The van der Waals surface area contributed by atoms with Crippen LogP contribution in [0.1, 0.15) is 75.8 Å². The standard InChI is InChI=1S/C59H51BN2/c1-37-30-53-56-54(31-37)62(50-27-17-26-45-55(50)43-24-14-15-25-44(43)59(45,6)7)52-35-47-46(57(2,3)36-58(47,4)5)34-49(52)60(56)48-29-28-41(39-20-12-9-13-21-39)33-51(48)61(53)42-23-16-22-40(32-42)38-18-10-8-11-19-38/h8-35H,36H2,1-7H3. The van der Waals surface area contributed by atoms with Gasteiger partial charge in [0, 0.05) is 39.4 Å². The van der Waals surface area contributed by atoms with E-state index in [9.17, 15) is 0 Å². The molecule has 12 rings (SSSR count). The van der Waals surface area contributed by atoms with Crippen molar-refractivity contribution in [2.24, 2.45) is 0 Å². The molecular weight excluding hydrogens is 747 g/mol. The minimum absolute atomic E-state index is 0.0329. The van der Waals surface area contributed by atoms with Gasteiger partial charge in [-0.3, -0.25) is 0 Å². The predicted molar refractivity (Wildman–Crippen MR) is 264 cm³/mol. The zero-order chi connectivity index (χ0) is 42.3. The number of fused-ring (bicyclic) bond motifs is 8. The van der Waals surface area contributed by atoms with Crippen molar-refractivity contribution in [1.29, 1.82) is 0 Å². The van der Waals surface area contributed by atoms with Crippen LogP contribution in [0.4, 0.5) is 34.1 Å². The Hall–Kier alpha value is -6.58. The van der Waals surface area contributed by atoms with Gasteiger partial charge >= 0.3 is 0 Å². The quantitative estimate of drug-likeness (QED) is 0.164. The second-order valence-electron chi connectivity index (χ2n) is 20.1. The van der Waals surface area contributed by atoms with Crippen LogP contribution in [0.2, 0.25) is 0 Å². The summed E-state index contributed by atoms with van der Waals surface area (Å²) in [5, 5.41) is 0. The molecule has 8 aromatic rings. The fourth-order valence-electron chi connectivity index (χ4n) is 12.3. The van der Waals surface area contributed by atoms with Crippen molar-refractivity contribution in [2.75, 3.05) is 9.80 Å². The number of hydrogen-bond donors (Lipinski definition) is 0. The molecule has 0 atom stereocenters. The second kappa shape index (κ2) is 13.0. The van der Waals surface area contributed by atoms with Crippen LogP contribution in [0.25, 0.3) is 33.4 Å². The van der Waals surface area contributed by atoms with Crippen molar-refractivity contribution in [1.82, 2.24) is 0 Å². The summed E-state index contributed by atoms with van der Waals surface area (Å²) < 4.78 is 0. The van der Waals surface area contributed by atoms with Gasteiger partial charge in [0.15, 0.2) is 0 Å². The third-order valence-electron chi connectivity index (χ3n) is 14.8. The third kappa shape index (κ3) is 5.24. The van der Waals surface area contributed by atoms with Gasteiger partial charge in [-0.2, -0.15) is 0 Å². The van der Waals surface area contributed by atoms with Gasteiger partial charge in [-0.05, 0) is 139 Å². The molecule has 2 heterocycles. The van der Waals surface area contributed by atoms with Crippen molar-refractivity contribution >= 4 is 57.2 Å². The molecular formula is C59H51BN2. The molecule has 0 bridgehead atoms. The number of hydrogen-bond acceptors (Lipinski definition) is 2. The van der Waals surface area contributed by atoms with E-state index in [1.54, 1.807) is 0 Å². The fraction of sp³-hybridized carbons (Fsp3) is 0.186. The van der Waals surface area contributed by atoms with E-state index < -0.39 is 0 Å². The molecule has 300 valence electrons. The summed E-state index contributed by atoms with van der Waals surface area (Å²) >= 11 is 0. The predicted octanol–water partition coefficient (Wildman–Crippen LogP) is 13.7. The van der Waals surface area contributed by atoms with Crippen LogP contribution in [-0.2, 0) is 16.2 Å². The lowest BCUT2D eigenvalue weighted by Gasteiger charge is -2.45. The van der Waals surface area contributed by atoms with Gasteiger partial charge in [0.2, 0.25) is 0 Å². The van der Waals surface area contributed by atoms with Gasteiger partial charge in [-0.1, -0.05) is 169 Å². The lowest BCUT2D eigenvalue weighted by atomic mass is 9.33. The first kappa shape index (κ1) is 37.2. The summed E-state index contributed by atoms with van der Waals surface area (Å²) in [4.78, 5) is 5.26. The summed E-state index contributed by atoms with van der Waals surface area (Å²) in [7, 11) is 0. The van der Waals surface area contributed by atoms with Gasteiger partial charge < -0.3 is 9.80 Å². The first-order valence-electron chi connectivity index (χ1n) is 22.4. The molecule has 0 N–H and O–H groups in total. The Morgan fingerprint density at radius 3 is 1.73 bits per heavy atom. The number of rotatable bonds is 4. The molecule has 4 aliphatic rings. The Morgan fingerprint density at radius 2 is 1.00 bits per heavy atom. The summed E-state index contributed by atoms with van der Waals surface area (Å²) in [6, 6.07) is 64.5. The van der Waals surface area contributed by atoms with E-state index in [4.69, 9.17) is 0 Å². The fourth-order valence-corrected chi connectivity index (χ4v) is 12.3. The lowest BCUT2D eigenvalue weighted by molar-refractivity contribution is 0.403. The molecule has 0 aromatic heterocycles. The third-order valence-corrected chi connectivity index (χ3v) is 14.8. The SMILES string of the molecule is Cc1cc2c3c(c1)N(c1cccc4c1-c1ccccc1C4(C)C)c1cc4c(cc1B3c1ccc(-c3ccccc3)cc1N2c1cccc(-c2ccccc2)c1)C(C)(C)CC4(C)C. The highest BCUT2D eigenvalue weighted by Gasteiger charge is 2.49. The van der Waals surface area contributed by atoms with Gasteiger partial charge in [0.25, 0.3) is 6.71 Å². The summed E-state index contributed by atoms with van der Waals surface area (Å²) in [6.07, 6.45) is 1.12. The molecule has 3 heteroatoms. The molecule has 0 unspecified atom stereocenters. The Morgan fingerprint density at radius 1 is 0.419 bits per heavy atom. The smallest absolute Gasteiger partial charge is 0.252 e. The molecule has 62 heavy (non-hydrogen) atoms. The van der Waals surface area contributed by atoms with E-state index in [2.05, 4.69) is 228 Å². The van der Waals surface area contributed by atoms with E-state index in [0.29, 0.717) is 0 Å². The minimum atomic E-state index is -0.116. The van der Waals surface area contributed by atoms with Gasteiger partial charge in [-0.15, -0.1) is 0 Å². The van der Waals surface area contributed by atoms with E-state index in [0.717, 1.165) is 12.1 Å². The first-order valence-corrected chi connectivity index (χ1v) is 22.4. The molecule has 2 aliphatic carbocycles. The molecule has 8 aromatic carbocycles.